The average Bonchev–Trinajstić information content (AvgIpc) is 2.21. The Kier molecular flexibility index (Phi) is 34.5. The normalized spacial score (nSPS) is 8.32. The predicted molar refractivity (Wildman–Crippen MR) is 65.6 cm³/mol. The molecule has 104 valence electrons. The number of carboxylic acid groups (broad SMARTS) is 2. The van der Waals surface area contributed by atoms with Crippen molar-refractivity contribution in [2.45, 2.75) is 40.5 Å². The first-order chi connectivity index (χ1) is 7.84. The van der Waals surface area contributed by atoms with E-state index in [0.29, 0.717) is 0 Å². The zero-order valence-electron chi connectivity index (χ0n) is 12.2. The van der Waals surface area contributed by atoms with Crippen molar-refractivity contribution in [2.24, 2.45) is 5.41 Å². The van der Waals surface area contributed by atoms with Crippen molar-refractivity contribution in [2.75, 3.05) is 13.2 Å². The average molecular weight is 297 g/mol. The van der Waals surface area contributed by atoms with Crippen LogP contribution in [0.3, 0.4) is 0 Å². The van der Waals surface area contributed by atoms with Crippen LogP contribution in [0.15, 0.2) is 0 Å². The third kappa shape index (κ3) is 14.6. The third-order valence-corrected chi connectivity index (χ3v) is 1.99. The van der Waals surface area contributed by atoms with Crippen LogP contribution in [0.5, 0.6) is 0 Å². The second kappa shape index (κ2) is 20.7. The van der Waals surface area contributed by atoms with Gasteiger partial charge in [0, 0.05) is 5.41 Å². The fourth-order valence-corrected chi connectivity index (χ4v) is 0.911. The molecule has 0 aliphatic carbocycles. The van der Waals surface area contributed by atoms with Crippen molar-refractivity contribution in [1.82, 2.24) is 0 Å². The Morgan fingerprint density at radius 3 is 0.947 bits per heavy atom. The van der Waals surface area contributed by atoms with E-state index in [2.05, 4.69) is 0 Å². The van der Waals surface area contributed by atoms with Gasteiger partial charge in [-0.05, 0) is 12.8 Å². The van der Waals surface area contributed by atoms with Crippen LogP contribution < -0.4 is 20.4 Å². The maximum atomic E-state index is 10.4. The molecule has 0 atom stereocenters. The van der Waals surface area contributed by atoms with Gasteiger partial charge in [0.15, 0.2) is 0 Å². The molecule has 6 nitrogen and oxygen atoms in total. The fraction of sp³-hybridized carbons (Fsp3) is 0.818. The van der Waals surface area contributed by atoms with E-state index >= 15 is 0 Å². The summed E-state index contributed by atoms with van der Waals surface area (Å²) in [6, 6.07) is 0. The first-order valence-corrected chi connectivity index (χ1v) is 5.43. The molecule has 8 heteroatoms. The molecule has 0 aliphatic rings. The molecule has 0 unspecified atom stereocenters. The van der Waals surface area contributed by atoms with Gasteiger partial charge < -0.3 is 30.0 Å². The molecule has 0 aromatic heterocycles. The quantitative estimate of drug-likeness (QED) is 0.388. The Morgan fingerprint density at radius 1 is 0.789 bits per heavy atom. The summed E-state index contributed by atoms with van der Waals surface area (Å²) in [6.07, 6.45) is -0.0116. The topological polar surface area (TPSA) is 126 Å². The number of carbonyl (C=O) groups excluding carboxylic acids is 2. The Morgan fingerprint density at radius 2 is 0.947 bits per heavy atom. The Bertz CT molecular complexity index is 189. The molecule has 0 heterocycles. The predicted octanol–water partition coefficient (Wildman–Crippen LogP) is -3.74. The van der Waals surface area contributed by atoms with Crippen LogP contribution in [-0.2, 0) is 9.59 Å². The number of hydrogen-bond acceptors (Lipinski definition) is 6. The van der Waals surface area contributed by atoms with E-state index in [-0.39, 0.29) is 72.2 Å². The van der Waals surface area contributed by atoms with Crippen LogP contribution >= 0.6 is 0 Å². The van der Waals surface area contributed by atoms with Crippen molar-refractivity contribution in [3.8, 4) is 0 Å². The van der Waals surface area contributed by atoms with Gasteiger partial charge in [-0.15, -0.1) is 13.2 Å². The number of aliphatic carboxylic acids is 2. The Hall–Kier alpha value is 0.392. The minimum atomic E-state index is -1.81. The Balaban J connectivity index is -0.0000000700. The molecule has 0 saturated carbocycles. The van der Waals surface area contributed by atoms with Gasteiger partial charge in [0.2, 0.25) is 0 Å². The van der Waals surface area contributed by atoms with Crippen molar-refractivity contribution in [1.29, 1.82) is 0 Å². The molecule has 0 bridgehead atoms. The van der Waals surface area contributed by atoms with Crippen LogP contribution in [0, 0.1) is 5.41 Å². The van der Waals surface area contributed by atoms with Gasteiger partial charge in [-0.2, -0.15) is 0 Å². The van der Waals surface area contributed by atoms with Crippen LogP contribution in [-0.4, -0.2) is 71.3 Å². The second-order valence-electron chi connectivity index (χ2n) is 2.94. The standard InChI is InChI=1S/C7H12O4.2C2H5O.2Mg/c1-3-7(4-2,5(8)9)6(10)11;2*1-2-3;;/h3-4H2,1-2H3,(H,8,9)(H,10,11);2*2H2,1H3;;/q;2*-1;2*+2/p-2. The number of carboxylic acids is 2. The largest absolute Gasteiger partial charge is 2.00 e. The zero-order valence-corrected chi connectivity index (χ0v) is 15.0. The summed E-state index contributed by atoms with van der Waals surface area (Å²) in [4.78, 5) is 20.8. The minimum Gasteiger partial charge on any atom is -0.855 e. The summed E-state index contributed by atoms with van der Waals surface area (Å²) in [5, 5.41) is 38.6. The van der Waals surface area contributed by atoms with Gasteiger partial charge in [-0.25, -0.2) is 0 Å². The molecule has 0 amide bonds. The van der Waals surface area contributed by atoms with E-state index < -0.39 is 17.4 Å². The molecule has 0 N–H and O–H groups in total. The zero-order chi connectivity index (χ0) is 14.5. The monoisotopic (exact) mass is 296 g/mol. The van der Waals surface area contributed by atoms with E-state index in [9.17, 15) is 19.8 Å². The van der Waals surface area contributed by atoms with E-state index in [4.69, 9.17) is 10.2 Å². The van der Waals surface area contributed by atoms with Crippen LogP contribution in [0.25, 0.3) is 0 Å². The van der Waals surface area contributed by atoms with Crippen LogP contribution in [0.1, 0.15) is 40.5 Å². The summed E-state index contributed by atoms with van der Waals surface area (Å²) >= 11 is 0. The van der Waals surface area contributed by atoms with E-state index in [0.717, 1.165) is 0 Å². The molecule has 0 aromatic rings. The van der Waals surface area contributed by atoms with Crippen molar-refractivity contribution in [3.05, 3.63) is 0 Å². The van der Waals surface area contributed by atoms with Crippen molar-refractivity contribution in [3.63, 3.8) is 0 Å². The van der Waals surface area contributed by atoms with Gasteiger partial charge in [0.1, 0.15) is 0 Å². The summed E-state index contributed by atoms with van der Waals surface area (Å²) in [5.41, 5.74) is -1.81. The first kappa shape index (κ1) is 31.7. The van der Waals surface area contributed by atoms with Gasteiger partial charge in [0.25, 0.3) is 0 Å². The van der Waals surface area contributed by atoms with E-state index in [1.54, 1.807) is 13.8 Å². The van der Waals surface area contributed by atoms with Crippen molar-refractivity contribution < 1.29 is 30.0 Å². The van der Waals surface area contributed by atoms with E-state index in [1.165, 1.54) is 13.8 Å². The minimum absolute atomic E-state index is 0. The molecular weight excluding hydrogens is 277 g/mol. The molecule has 0 rings (SSSR count). The SMILES string of the molecule is CCC(CC)(C(=O)[O-])C(=O)[O-].CC[O-].CC[O-].[Mg+2].[Mg+2]. The smallest absolute Gasteiger partial charge is 0.855 e. The van der Waals surface area contributed by atoms with E-state index in [1.807, 2.05) is 0 Å². The summed E-state index contributed by atoms with van der Waals surface area (Å²) in [5.74, 6) is -3.13. The molecule has 0 fully saturated rings. The molecule has 0 radical (unpaired) electrons. The molecule has 0 spiro atoms. The van der Waals surface area contributed by atoms with Crippen LogP contribution in [0.4, 0.5) is 0 Å². The van der Waals surface area contributed by atoms with Gasteiger partial charge in [-0.3, -0.25) is 0 Å². The number of carbonyl (C=O) groups is 2. The fourth-order valence-electron chi connectivity index (χ4n) is 0.911. The molecule has 0 saturated heterocycles. The number of hydrogen-bond donors (Lipinski definition) is 0. The molecule has 19 heavy (non-hydrogen) atoms. The maximum absolute atomic E-state index is 10.4. The maximum Gasteiger partial charge on any atom is 2.00 e. The van der Waals surface area contributed by atoms with Gasteiger partial charge >= 0.3 is 46.1 Å². The van der Waals surface area contributed by atoms with Gasteiger partial charge in [0.05, 0.1) is 11.9 Å². The molecular formula is C11H20Mg2O6. The first-order valence-electron chi connectivity index (χ1n) is 5.43. The summed E-state index contributed by atoms with van der Waals surface area (Å²) in [7, 11) is 0. The molecule has 0 aromatic carbocycles. The summed E-state index contributed by atoms with van der Waals surface area (Å²) in [6.45, 7) is 6.10. The van der Waals surface area contributed by atoms with Gasteiger partial charge in [-0.1, -0.05) is 27.7 Å². The Labute approximate surface area is 146 Å². The second-order valence-corrected chi connectivity index (χ2v) is 2.94. The number of rotatable bonds is 4. The van der Waals surface area contributed by atoms with Crippen LogP contribution in [0.2, 0.25) is 0 Å². The third-order valence-electron chi connectivity index (χ3n) is 1.99. The summed E-state index contributed by atoms with van der Waals surface area (Å²) < 4.78 is 0. The molecule has 0 aliphatic heterocycles. The van der Waals surface area contributed by atoms with Crippen molar-refractivity contribution >= 4 is 58.0 Å².